The first kappa shape index (κ1) is 20.0. The largest absolute Gasteiger partial charge is 0.273 e. The van der Waals surface area contributed by atoms with E-state index in [4.69, 9.17) is 4.84 Å². The number of amides is 2. The SMILES string of the molecule is Cc1ccc(N2C(=O)[C@H]3[C@H](ON(c4ccccc4)[C@@H]3c3cccc(Br)c3)C2=O)c(C)c1. The lowest BCUT2D eigenvalue weighted by atomic mass is 9.90. The molecule has 5 nitrogen and oxygen atoms in total. The maximum Gasteiger partial charge on any atom is 0.266 e. The molecule has 156 valence electrons. The van der Waals surface area contributed by atoms with Gasteiger partial charge in [0, 0.05) is 4.47 Å². The van der Waals surface area contributed by atoms with Gasteiger partial charge in [0.25, 0.3) is 5.91 Å². The third-order valence-corrected chi connectivity index (χ3v) is 6.40. The van der Waals surface area contributed by atoms with Crippen LogP contribution in [0.5, 0.6) is 0 Å². The molecule has 0 spiro atoms. The monoisotopic (exact) mass is 476 g/mol. The summed E-state index contributed by atoms with van der Waals surface area (Å²) in [5.41, 5.74) is 4.31. The fraction of sp³-hybridized carbons (Fsp3) is 0.200. The minimum Gasteiger partial charge on any atom is -0.273 e. The number of hydroxylamine groups is 1. The highest BCUT2D eigenvalue weighted by atomic mass is 79.9. The van der Waals surface area contributed by atoms with E-state index in [-0.39, 0.29) is 11.8 Å². The van der Waals surface area contributed by atoms with Gasteiger partial charge in [-0.1, -0.05) is 64.0 Å². The number of benzene rings is 3. The highest BCUT2D eigenvalue weighted by Crippen LogP contribution is 2.48. The minimum absolute atomic E-state index is 0.231. The first-order valence-electron chi connectivity index (χ1n) is 10.2. The van der Waals surface area contributed by atoms with Crippen LogP contribution in [0.4, 0.5) is 11.4 Å². The topological polar surface area (TPSA) is 49.9 Å². The molecular weight excluding hydrogens is 456 g/mol. The molecular formula is C25H21BrN2O3. The molecule has 0 radical (unpaired) electrons. The van der Waals surface area contributed by atoms with Crippen LogP contribution < -0.4 is 9.96 Å². The Kier molecular flexibility index (Phi) is 4.91. The van der Waals surface area contributed by atoms with Crippen molar-refractivity contribution in [3.8, 4) is 0 Å². The van der Waals surface area contributed by atoms with Crippen LogP contribution in [-0.4, -0.2) is 17.9 Å². The number of para-hydroxylation sites is 1. The van der Waals surface area contributed by atoms with Crippen molar-refractivity contribution >= 4 is 39.1 Å². The van der Waals surface area contributed by atoms with Crippen LogP contribution in [0.2, 0.25) is 0 Å². The molecule has 5 rings (SSSR count). The Morgan fingerprint density at radius 1 is 0.871 bits per heavy atom. The molecule has 0 aliphatic carbocycles. The van der Waals surface area contributed by atoms with E-state index >= 15 is 0 Å². The van der Waals surface area contributed by atoms with Gasteiger partial charge in [0.1, 0.15) is 5.92 Å². The van der Waals surface area contributed by atoms with E-state index in [0.717, 1.165) is 26.9 Å². The van der Waals surface area contributed by atoms with Crippen molar-refractivity contribution in [1.29, 1.82) is 0 Å². The van der Waals surface area contributed by atoms with Crippen molar-refractivity contribution in [2.75, 3.05) is 9.96 Å². The summed E-state index contributed by atoms with van der Waals surface area (Å²) in [5, 5.41) is 1.71. The molecule has 0 aromatic heterocycles. The van der Waals surface area contributed by atoms with E-state index in [1.165, 1.54) is 4.90 Å². The van der Waals surface area contributed by atoms with Crippen LogP contribution >= 0.6 is 15.9 Å². The van der Waals surface area contributed by atoms with E-state index < -0.39 is 18.1 Å². The molecule has 3 atom stereocenters. The standard InChI is InChI=1S/C25H21BrN2O3/c1-15-11-12-20(16(2)13-15)27-24(29)21-22(17-7-6-8-18(26)14-17)28(31-23(21)25(27)30)19-9-4-3-5-10-19/h3-14,21-23H,1-2H3/t21-,22-,23+/m1/s1. The van der Waals surface area contributed by atoms with Crippen molar-refractivity contribution in [3.63, 3.8) is 0 Å². The van der Waals surface area contributed by atoms with Gasteiger partial charge in [-0.3, -0.25) is 14.4 Å². The van der Waals surface area contributed by atoms with Gasteiger partial charge in [0.2, 0.25) is 5.91 Å². The number of imide groups is 1. The number of carbonyl (C=O) groups is 2. The summed E-state index contributed by atoms with van der Waals surface area (Å²) in [7, 11) is 0. The number of halogens is 1. The lowest BCUT2D eigenvalue weighted by Crippen LogP contribution is -2.37. The van der Waals surface area contributed by atoms with E-state index in [1.54, 1.807) is 5.06 Å². The van der Waals surface area contributed by atoms with E-state index in [1.807, 2.05) is 86.6 Å². The fourth-order valence-corrected chi connectivity index (χ4v) is 4.95. The van der Waals surface area contributed by atoms with Gasteiger partial charge in [-0.05, 0) is 55.3 Å². The van der Waals surface area contributed by atoms with Crippen LogP contribution in [0.3, 0.4) is 0 Å². The Bertz CT molecular complexity index is 1180. The van der Waals surface area contributed by atoms with E-state index in [9.17, 15) is 9.59 Å². The summed E-state index contributed by atoms with van der Waals surface area (Å²) in [6.45, 7) is 3.91. The summed E-state index contributed by atoms with van der Waals surface area (Å²) >= 11 is 3.53. The van der Waals surface area contributed by atoms with Gasteiger partial charge in [-0.15, -0.1) is 0 Å². The predicted molar refractivity (Wildman–Crippen MR) is 123 cm³/mol. The third-order valence-electron chi connectivity index (χ3n) is 5.91. The Morgan fingerprint density at radius 3 is 2.35 bits per heavy atom. The average molecular weight is 477 g/mol. The number of anilines is 2. The molecule has 3 aromatic rings. The zero-order chi connectivity index (χ0) is 21.7. The molecule has 0 N–H and O–H groups in total. The van der Waals surface area contributed by atoms with Crippen LogP contribution in [0.1, 0.15) is 22.7 Å². The number of aryl methyl sites for hydroxylation is 2. The zero-order valence-electron chi connectivity index (χ0n) is 17.2. The van der Waals surface area contributed by atoms with Crippen LogP contribution in [0, 0.1) is 19.8 Å². The molecule has 2 amide bonds. The molecule has 2 aliphatic heterocycles. The third kappa shape index (κ3) is 3.27. The predicted octanol–water partition coefficient (Wildman–Crippen LogP) is 5.12. The highest BCUT2D eigenvalue weighted by Gasteiger charge is 2.60. The second kappa shape index (κ2) is 7.62. The van der Waals surface area contributed by atoms with Crippen molar-refractivity contribution < 1.29 is 14.4 Å². The van der Waals surface area contributed by atoms with Crippen molar-refractivity contribution in [2.24, 2.45) is 5.92 Å². The van der Waals surface area contributed by atoms with Crippen LogP contribution in [0.25, 0.3) is 0 Å². The van der Waals surface area contributed by atoms with Gasteiger partial charge in [-0.25, -0.2) is 9.96 Å². The number of hydrogen-bond donors (Lipinski definition) is 0. The Balaban J connectivity index is 1.60. The number of carbonyl (C=O) groups excluding carboxylic acids is 2. The quantitative estimate of drug-likeness (QED) is 0.492. The zero-order valence-corrected chi connectivity index (χ0v) is 18.7. The van der Waals surface area contributed by atoms with Gasteiger partial charge in [-0.2, -0.15) is 0 Å². The number of fused-ring (bicyclic) bond motifs is 1. The summed E-state index contributed by atoms with van der Waals surface area (Å²) in [6.07, 6.45) is -0.864. The maximum absolute atomic E-state index is 13.7. The van der Waals surface area contributed by atoms with Gasteiger partial charge < -0.3 is 0 Å². The first-order chi connectivity index (χ1) is 15.0. The second-order valence-electron chi connectivity index (χ2n) is 8.01. The van der Waals surface area contributed by atoms with Crippen molar-refractivity contribution in [3.05, 3.63) is 94.0 Å². The van der Waals surface area contributed by atoms with Crippen LogP contribution in [-0.2, 0) is 14.4 Å². The summed E-state index contributed by atoms with van der Waals surface area (Å²) < 4.78 is 0.907. The molecule has 31 heavy (non-hydrogen) atoms. The van der Waals surface area contributed by atoms with E-state index in [2.05, 4.69) is 15.9 Å². The highest BCUT2D eigenvalue weighted by molar-refractivity contribution is 9.10. The molecule has 6 heteroatoms. The second-order valence-corrected chi connectivity index (χ2v) is 8.93. The van der Waals surface area contributed by atoms with Crippen molar-refractivity contribution in [2.45, 2.75) is 26.0 Å². The molecule has 2 heterocycles. The molecule has 0 unspecified atom stereocenters. The van der Waals surface area contributed by atoms with Crippen LogP contribution in [0.15, 0.2) is 77.3 Å². The van der Waals surface area contributed by atoms with Gasteiger partial charge in [0.05, 0.1) is 17.4 Å². The Labute approximate surface area is 189 Å². The maximum atomic E-state index is 13.7. The molecule has 0 bridgehead atoms. The fourth-order valence-electron chi connectivity index (χ4n) is 4.54. The molecule has 2 aliphatic rings. The average Bonchev–Trinajstić information content (AvgIpc) is 3.26. The van der Waals surface area contributed by atoms with Gasteiger partial charge in [0.15, 0.2) is 6.10 Å². The lowest BCUT2D eigenvalue weighted by Gasteiger charge is -2.29. The molecule has 2 saturated heterocycles. The number of rotatable bonds is 3. The Hall–Kier alpha value is -2.96. The Morgan fingerprint density at radius 2 is 1.65 bits per heavy atom. The number of hydrogen-bond acceptors (Lipinski definition) is 4. The lowest BCUT2D eigenvalue weighted by molar-refractivity contribution is -0.126. The molecule has 3 aromatic carbocycles. The minimum atomic E-state index is -0.864. The molecule has 0 saturated carbocycles. The van der Waals surface area contributed by atoms with Crippen molar-refractivity contribution in [1.82, 2.24) is 0 Å². The first-order valence-corrected chi connectivity index (χ1v) is 11.0. The molecule has 2 fully saturated rings. The normalized spacial score (nSPS) is 22.9. The van der Waals surface area contributed by atoms with E-state index in [0.29, 0.717) is 5.69 Å². The smallest absolute Gasteiger partial charge is 0.266 e. The summed E-state index contributed by atoms with van der Waals surface area (Å²) in [4.78, 5) is 34.6. The summed E-state index contributed by atoms with van der Waals surface area (Å²) in [5.74, 6) is -1.19. The summed E-state index contributed by atoms with van der Waals surface area (Å²) in [6, 6.07) is 22.7. The van der Waals surface area contributed by atoms with Gasteiger partial charge >= 0.3 is 0 Å². The number of nitrogens with zero attached hydrogens (tertiary/aromatic N) is 2.